The molecule has 3 rings (SSSR count). The molecule has 2 aromatic rings. The summed E-state index contributed by atoms with van der Waals surface area (Å²) in [5.41, 5.74) is 8.86. The molecule has 0 aliphatic carbocycles. The number of rotatable bonds is 3. The molecule has 4 heteroatoms. The van der Waals surface area contributed by atoms with Gasteiger partial charge >= 0.3 is 0 Å². The fraction of sp³-hybridized carbons (Fsp3) is 0.316. The first kappa shape index (κ1) is 17.5. The molecular weight excluding hydrogens is 308 g/mol. The number of halogens is 1. The van der Waals surface area contributed by atoms with Crippen LogP contribution < -0.4 is 5.73 Å². The van der Waals surface area contributed by atoms with Gasteiger partial charge in [-0.25, -0.2) is 0 Å². The first-order valence-electron chi connectivity index (χ1n) is 7.96. The zero-order valence-corrected chi connectivity index (χ0v) is 14.0. The average molecular weight is 331 g/mol. The predicted molar refractivity (Wildman–Crippen MR) is 96.9 cm³/mol. The van der Waals surface area contributed by atoms with E-state index in [1.807, 2.05) is 47.4 Å². The fourth-order valence-electron chi connectivity index (χ4n) is 3.11. The number of carbonyl (C=O) groups is 1. The van der Waals surface area contributed by atoms with Crippen LogP contribution in [-0.2, 0) is 0 Å². The number of piperidine rings is 1. The smallest absolute Gasteiger partial charge is 0.254 e. The molecule has 1 unspecified atom stereocenters. The zero-order valence-electron chi connectivity index (χ0n) is 13.2. The Balaban J connectivity index is 0.00000192. The zero-order chi connectivity index (χ0) is 15.4. The van der Waals surface area contributed by atoms with Crippen molar-refractivity contribution in [3.63, 3.8) is 0 Å². The van der Waals surface area contributed by atoms with E-state index in [1.54, 1.807) is 0 Å². The number of carbonyl (C=O) groups excluding carboxylic acids is 1. The summed E-state index contributed by atoms with van der Waals surface area (Å²) >= 11 is 0. The van der Waals surface area contributed by atoms with Crippen molar-refractivity contribution >= 4 is 18.3 Å². The maximum absolute atomic E-state index is 12.7. The van der Waals surface area contributed by atoms with Crippen molar-refractivity contribution in [2.45, 2.75) is 25.3 Å². The highest BCUT2D eigenvalue weighted by molar-refractivity contribution is 5.95. The summed E-state index contributed by atoms with van der Waals surface area (Å²) in [7, 11) is 0. The lowest BCUT2D eigenvalue weighted by Crippen LogP contribution is -2.47. The van der Waals surface area contributed by atoms with E-state index in [9.17, 15) is 4.79 Å². The van der Waals surface area contributed by atoms with Crippen molar-refractivity contribution in [2.75, 3.05) is 13.1 Å². The minimum absolute atomic E-state index is 0. The maximum atomic E-state index is 12.7. The van der Waals surface area contributed by atoms with Crippen molar-refractivity contribution in [2.24, 2.45) is 5.73 Å². The van der Waals surface area contributed by atoms with Gasteiger partial charge in [0.2, 0.25) is 0 Å². The molecule has 1 saturated heterocycles. The van der Waals surface area contributed by atoms with Gasteiger partial charge in [0.05, 0.1) is 0 Å². The largest absolute Gasteiger partial charge is 0.334 e. The van der Waals surface area contributed by atoms with Gasteiger partial charge in [0.1, 0.15) is 0 Å². The van der Waals surface area contributed by atoms with Gasteiger partial charge in [-0.2, -0.15) is 0 Å². The quantitative estimate of drug-likeness (QED) is 0.932. The summed E-state index contributed by atoms with van der Waals surface area (Å²) in [6.07, 6.45) is 3.26. The van der Waals surface area contributed by atoms with E-state index in [1.165, 1.54) is 12.0 Å². The third-order valence-electron chi connectivity index (χ3n) is 4.40. The molecule has 0 aromatic heterocycles. The average Bonchev–Trinajstić information content (AvgIpc) is 2.62. The Morgan fingerprint density at radius 1 is 1.00 bits per heavy atom. The van der Waals surface area contributed by atoms with E-state index in [0.29, 0.717) is 6.54 Å². The van der Waals surface area contributed by atoms with E-state index in [4.69, 9.17) is 5.73 Å². The monoisotopic (exact) mass is 330 g/mol. The van der Waals surface area contributed by atoms with Crippen LogP contribution in [0.3, 0.4) is 0 Å². The number of nitrogens with zero attached hydrogens (tertiary/aromatic N) is 1. The normalized spacial score (nSPS) is 17.4. The first-order chi connectivity index (χ1) is 10.8. The van der Waals surface area contributed by atoms with Gasteiger partial charge in [0.25, 0.3) is 5.91 Å². The van der Waals surface area contributed by atoms with Crippen molar-refractivity contribution in [3.8, 4) is 11.1 Å². The third kappa shape index (κ3) is 3.92. The first-order valence-corrected chi connectivity index (χ1v) is 7.96. The van der Waals surface area contributed by atoms with Gasteiger partial charge in [-0.15, -0.1) is 12.4 Å². The Morgan fingerprint density at radius 3 is 2.30 bits per heavy atom. The number of nitrogens with two attached hydrogens (primary N) is 1. The topological polar surface area (TPSA) is 46.3 Å². The van der Waals surface area contributed by atoms with Gasteiger partial charge < -0.3 is 10.6 Å². The lowest BCUT2D eigenvalue weighted by Gasteiger charge is -2.35. The van der Waals surface area contributed by atoms with Crippen molar-refractivity contribution in [1.29, 1.82) is 0 Å². The van der Waals surface area contributed by atoms with Crippen LogP contribution in [0, 0.1) is 0 Å². The van der Waals surface area contributed by atoms with Crippen molar-refractivity contribution in [3.05, 3.63) is 60.2 Å². The Kier molecular flexibility index (Phi) is 6.20. The van der Waals surface area contributed by atoms with Gasteiger partial charge in [-0.05, 0) is 42.5 Å². The Hall–Kier alpha value is -1.84. The van der Waals surface area contributed by atoms with Crippen molar-refractivity contribution in [1.82, 2.24) is 4.90 Å². The molecule has 122 valence electrons. The van der Waals surface area contributed by atoms with Crippen LogP contribution in [-0.4, -0.2) is 29.9 Å². The summed E-state index contributed by atoms with van der Waals surface area (Å²) in [6.45, 7) is 1.37. The van der Waals surface area contributed by atoms with Crippen LogP contribution in [0.1, 0.15) is 29.6 Å². The van der Waals surface area contributed by atoms with Crippen LogP contribution in [0.4, 0.5) is 0 Å². The van der Waals surface area contributed by atoms with Crippen LogP contribution >= 0.6 is 12.4 Å². The SMILES string of the molecule is Cl.NCC1CCCCN1C(=O)c1ccc(-c2ccccc2)cc1. The lowest BCUT2D eigenvalue weighted by molar-refractivity contribution is 0.0623. The minimum Gasteiger partial charge on any atom is -0.334 e. The van der Waals surface area contributed by atoms with Crippen LogP contribution in [0.15, 0.2) is 54.6 Å². The molecule has 2 aromatic carbocycles. The predicted octanol–water partition coefficient (Wildman–Crippen LogP) is 3.73. The van der Waals surface area contributed by atoms with E-state index in [0.717, 1.165) is 30.5 Å². The van der Waals surface area contributed by atoms with E-state index >= 15 is 0 Å². The molecule has 3 nitrogen and oxygen atoms in total. The molecular formula is C19H23ClN2O. The molecule has 0 spiro atoms. The van der Waals surface area contributed by atoms with E-state index < -0.39 is 0 Å². The highest BCUT2D eigenvalue weighted by atomic mass is 35.5. The molecule has 1 atom stereocenters. The Morgan fingerprint density at radius 2 is 1.65 bits per heavy atom. The molecule has 0 bridgehead atoms. The standard InChI is InChI=1S/C19H22N2O.ClH/c20-14-18-8-4-5-13-21(18)19(22)17-11-9-16(10-12-17)15-6-2-1-3-7-15;/h1-3,6-7,9-12,18H,4-5,8,13-14,20H2;1H. The summed E-state index contributed by atoms with van der Waals surface area (Å²) < 4.78 is 0. The number of benzene rings is 2. The second-order valence-corrected chi connectivity index (χ2v) is 5.83. The lowest BCUT2D eigenvalue weighted by atomic mass is 9.99. The second kappa shape index (κ2) is 8.14. The summed E-state index contributed by atoms with van der Waals surface area (Å²) in [5.74, 6) is 0.106. The van der Waals surface area contributed by atoms with E-state index in [2.05, 4.69) is 12.1 Å². The van der Waals surface area contributed by atoms with Gasteiger partial charge in [0, 0.05) is 24.7 Å². The highest BCUT2D eigenvalue weighted by Crippen LogP contribution is 2.22. The maximum Gasteiger partial charge on any atom is 0.254 e. The second-order valence-electron chi connectivity index (χ2n) is 5.83. The molecule has 0 saturated carbocycles. The molecule has 23 heavy (non-hydrogen) atoms. The molecule has 1 aliphatic rings. The van der Waals surface area contributed by atoms with Gasteiger partial charge in [-0.3, -0.25) is 4.79 Å². The molecule has 1 fully saturated rings. The highest BCUT2D eigenvalue weighted by Gasteiger charge is 2.26. The summed E-state index contributed by atoms with van der Waals surface area (Å²) in [5, 5.41) is 0. The number of amides is 1. The Labute approximate surface area is 143 Å². The molecule has 2 N–H and O–H groups in total. The van der Waals surface area contributed by atoms with Crippen LogP contribution in [0.5, 0.6) is 0 Å². The minimum atomic E-state index is 0. The van der Waals surface area contributed by atoms with Gasteiger partial charge in [0.15, 0.2) is 0 Å². The molecule has 1 aliphatic heterocycles. The summed E-state index contributed by atoms with van der Waals surface area (Å²) in [6, 6.07) is 18.3. The number of likely N-dealkylation sites (tertiary alicyclic amines) is 1. The van der Waals surface area contributed by atoms with E-state index in [-0.39, 0.29) is 24.4 Å². The number of hydrogen-bond donors (Lipinski definition) is 1. The van der Waals surface area contributed by atoms with Gasteiger partial charge in [-0.1, -0.05) is 42.5 Å². The molecule has 0 radical (unpaired) electrons. The number of hydrogen-bond acceptors (Lipinski definition) is 2. The third-order valence-corrected chi connectivity index (χ3v) is 4.40. The molecule has 1 amide bonds. The van der Waals surface area contributed by atoms with Crippen molar-refractivity contribution < 1.29 is 4.79 Å². The summed E-state index contributed by atoms with van der Waals surface area (Å²) in [4.78, 5) is 14.6. The fourth-order valence-corrected chi connectivity index (χ4v) is 3.11. The van der Waals surface area contributed by atoms with Crippen LogP contribution in [0.2, 0.25) is 0 Å². The Bertz CT molecular complexity index is 628. The molecule has 1 heterocycles. The van der Waals surface area contributed by atoms with Crippen LogP contribution in [0.25, 0.3) is 11.1 Å².